The molecule has 0 saturated heterocycles. The fourth-order valence-corrected chi connectivity index (χ4v) is 2.08. The third-order valence-corrected chi connectivity index (χ3v) is 3.42. The molecule has 128 valence electrons. The summed E-state index contributed by atoms with van der Waals surface area (Å²) in [7, 11) is 0. The lowest BCUT2D eigenvalue weighted by molar-refractivity contribution is -0.133. The molecule has 2 unspecified atom stereocenters. The second-order valence-electron chi connectivity index (χ2n) is 5.20. The van der Waals surface area contributed by atoms with E-state index in [0.29, 0.717) is 5.69 Å². The number of halogens is 3. The molecular weight excluding hydrogens is 323 g/mol. The van der Waals surface area contributed by atoms with E-state index in [9.17, 15) is 23.1 Å². The molecule has 1 aromatic heterocycles. The third kappa shape index (κ3) is 4.29. The summed E-state index contributed by atoms with van der Waals surface area (Å²) in [6, 6.07) is 8.43. The van der Waals surface area contributed by atoms with Crippen molar-refractivity contribution in [1.82, 2.24) is 15.5 Å². The normalized spacial score (nSPS) is 13.6. The van der Waals surface area contributed by atoms with Gasteiger partial charge in [-0.1, -0.05) is 24.3 Å². The van der Waals surface area contributed by atoms with Crippen LogP contribution in [0.4, 0.5) is 13.2 Å². The van der Waals surface area contributed by atoms with Gasteiger partial charge in [-0.15, -0.1) is 0 Å². The highest BCUT2D eigenvalue weighted by Gasteiger charge is 2.26. The van der Waals surface area contributed by atoms with Gasteiger partial charge in [0.25, 0.3) is 5.91 Å². The SMILES string of the molecule is Cc1ccc(-c2ccc(C(O)C(CF)NC(=O)C(F)F)cc2)nn1. The summed E-state index contributed by atoms with van der Waals surface area (Å²) in [5.41, 5.74) is 2.41. The predicted octanol–water partition coefficient (Wildman–Crippen LogP) is 2.20. The second-order valence-corrected chi connectivity index (χ2v) is 5.20. The molecule has 0 saturated carbocycles. The van der Waals surface area contributed by atoms with Gasteiger partial charge in [0.2, 0.25) is 0 Å². The Morgan fingerprint density at radius 3 is 2.33 bits per heavy atom. The number of aliphatic hydroxyl groups excluding tert-OH is 1. The fraction of sp³-hybridized carbons (Fsp3) is 0.312. The summed E-state index contributed by atoms with van der Waals surface area (Å²) in [6.45, 7) is 0.631. The predicted molar refractivity (Wildman–Crippen MR) is 81.1 cm³/mol. The fourth-order valence-electron chi connectivity index (χ4n) is 2.08. The topological polar surface area (TPSA) is 75.1 Å². The number of alkyl halides is 3. The molecule has 1 aromatic carbocycles. The quantitative estimate of drug-likeness (QED) is 0.846. The highest BCUT2D eigenvalue weighted by atomic mass is 19.3. The van der Waals surface area contributed by atoms with Crippen LogP contribution in [0.2, 0.25) is 0 Å². The van der Waals surface area contributed by atoms with Gasteiger partial charge in [0.1, 0.15) is 12.8 Å². The van der Waals surface area contributed by atoms with Crippen molar-refractivity contribution in [1.29, 1.82) is 0 Å². The molecule has 0 aliphatic carbocycles. The third-order valence-electron chi connectivity index (χ3n) is 3.42. The Balaban J connectivity index is 2.13. The summed E-state index contributed by atoms with van der Waals surface area (Å²) in [5, 5.41) is 19.8. The molecule has 2 aromatic rings. The highest BCUT2D eigenvalue weighted by molar-refractivity contribution is 5.79. The van der Waals surface area contributed by atoms with Gasteiger partial charge in [0, 0.05) is 5.56 Å². The largest absolute Gasteiger partial charge is 0.386 e. The van der Waals surface area contributed by atoms with Crippen LogP contribution in [0.25, 0.3) is 11.3 Å². The second kappa shape index (κ2) is 7.87. The van der Waals surface area contributed by atoms with E-state index in [0.717, 1.165) is 11.3 Å². The molecule has 0 bridgehead atoms. The Morgan fingerprint density at radius 2 is 1.83 bits per heavy atom. The number of benzene rings is 1. The zero-order valence-electron chi connectivity index (χ0n) is 12.8. The van der Waals surface area contributed by atoms with Gasteiger partial charge in [-0.25, -0.2) is 4.39 Å². The molecule has 24 heavy (non-hydrogen) atoms. The van der Waals surface area contributed by atoms with Gasteiger partial charge in [0.05, 0.1) is 17.4 Å². The van der Waals surface area contributed by atoms with Crippen LogP contribution in [-0.4, -0.2) is 40.4 Å². The van der Waals surface area contributed by atoms with Crippen LogP contribution in [0.5, 0.6) is 0 Å². The summed E-state index contributed by atoms with van der Waals surface area (Å²) in [5.74, 6) is -1.62. The van der Waals surface area contributed by atoms with Gasteiger partial charge in [-0.2, -0.15) is 19.0 Å². The monoisotopic (exact) mass is 339 g/mol. The number of hydrogen-bond donors (Lipinski definition) is 2. The summed E-state index contributed by atoms with van der Waals surface area (Å²) in [4.78, 5) is 11.0. The zero-order valence-corrected chi connectivity index (χ0v) is 12.8. The lowest BCUT2D eigenvalue weighted by Gasteiger charge is -2.21. The van der Waals surface area contributed by atoms with Crippen LogP contribution in [0.15, 0.2) is 36.4 Å². The van der Waals surface area contributed by atoms with Crippen molar-refractivity contribution in [3.05, 3.63) is 47.7 Å². The molecule has 1 heterocycles. The van der Waals surface area contributed by atoms with Crippen LogP contribution in [-0.2, 0) is 4.79 Å². The number of hydrogen-bond acceptors (Lipinski definition) is 4. The first kappa shape index (κ1) is 17.9. The van der Waals surface area contributed by atoms with E-state index >= 15 is 0 Å². The molecule has 0 radical (unpaired) electrons. The minimum atomic E-state index is -3.27. The average molecular weight is 339 g/mol. The highest BCUT2D eigenvalue weighted by Crippen LogP contribution is 2.22. The molecular formula is C16H16F3N3O2. The Labute approximate surface area is 136 Å². The summed E-state index contributed by atoms with van der Waals surface area (Å²) in [6.07, 6.45) is -4.72. The number of carbonyl (C=O) groups excluding carboxylic acids is 1. The van der Waals surface area contributed by atoms with E-state index in [1.165, 1.54) is 12.1 Å². The van der Waals surface area contributed by atoms with Gasteiger partial charge in [0.15, 0.2) is 0 Å². The maximum absolute atomic E-state index is 13.0. The van der Waals surface area contributed by atoms with Gasteiger partial charge in [-0.3, -0.25) is 4.79 Å². The Bertz CT molecular complexity index is 678. The molecule has 5 nitrogen and oxygen atoms in total. The lowest BCUT2D eigenvalue weighted by atomic mass is 10.0. The number of carbonyl (C=O) groups is 1. The minimum Gasteiger partial charge on any atom is -0.386 e. The van der Waals surface area contributed by atoms with Gasteiger partial charge in [-0.05, 0) is 24.6 Å². The van der Waals surface area contributed by atoms with E-state index < -0.39 is 31.2 Å². The first-order chi connectivity index (χ1) is 11.4. The van der Waals surface area contributed by atoms with Crippen LogP contribution >= 0.6 is 0 Å². The molecule has 0 fully saturated rings. The molecule has 0 aliphatic heterocycles. The van der Waals surface area contributed by atoms with Crippen molar-refractivity contribution >= 4 is 5.91 Å². The Kier molecular flexibility index (Phi) is 5.86. The van der Waals surface area contributed by atoms with Crippen LogP contribution < -0.4 is 5.32 Å². The van der Waals surface area contributed by atoms with E-state index in [4.69, 9.17) is 0 Å². The molecule has 2 rings (SSSR count). The van der Waals surface area contributed by atoms with Gasteiger partial charge >= 0.3 is 6.43 Å². The van der Waals surface area contributed by atoms with E-state index in [1.54, 1.807) is 36.5 Å². The van der Waals surface area contributed by atoms with Crippen LogP contribution in [0.3, 0.4) is 0 Å². The van der Waals surface area contributed by atoms with Crippen molar-refractivity contribution in [2.24, 2.45) is 0 Å². The summed E-state index contributed by atoms with van der Waals surface area (Å²) < 4.78 is 37.4. The van der Waals surface area contributed by atoms with Crippen molar-refractivity contribution in [3.8, 4) is 11.3 Å². The number of amides is 1. The Morgan fingerprint density at radius 1 is 1.17 bits per heavy atom. The summed E-state index contributed by atoms with van der Waals surface area (Å²) >= 11 is 0. The Hall–Kier alpha value is -2.48. The maximum atomic E-state index is 13.0. The molecule has 0 aliphatic rings. The first-order valence-electron chi connectivity index (χ1n) is 7.15. The lowest BCUT2D eigenvalue weighted by Crippen LogP contribution is -2.43. The van der Waals surface area contributed by atoms with Crippen molar-refractivity contribution < 1.29 is 23.1 Å². The standard InChI is InChI=1S/C16H16F3N3O2/c1-9-2-7-12(22-21-9)10-3-5-11(6-4-10)14(23)13(8-17)20-16(24)15(18)19/h2-7,13-15,23H,8H2,1H3,(H,20,24). The minimum absolute atomic E-state index is 0.288. The number of nitrogens with zero attached hydrogens (tertiary/aromatic N) is 2. The molecule has 8 heteroatoms. The van der Waals surface area contributed by atoms with E-state index in [1.807, 2.05) is 0 Å². The van der Waals surface area contributed by atoms with E-state index in [2.05, 4.69) is 10.2 Å². The van der Waals surface area contributed by atoms with E-state index in [-0.39, 0.29) is 5.56 Å². The van der Waals surface area contributed by atoms with Crippen LogP contribution in [0.1, 0.15) is 17.4 Å². The molecule has 2 atom stereocenters. The number of aliphatic hydroxyl groups is 1. The zero-order chi connectivity index (χ0) is 17.7. The van der Waals surface area contributed by atoms with Crippen molar-refractivity contribution in [3.63, 3.8) is 0 Å². The van der Waals surface area contributed by atoms with Gasteiger partial charge < -0.3 is 10.4 Å². The molecule has 2 N–H and O–H groups in total. The molecule has 0 spiro atoms. The number of aromatic nitrogens is 2. The average Bonchev–Trinajstić information content (AvgIpc) is 2.59. The first-order valence-corrected chi connectivity index (χ1v) is 7.15. The number of nitrogens with one attached hydrogen (secondary N) is 1. The smallest absolute Gasteiger partial charge is 0.315 e. The van der Waals surface area contributed by atoms with Crippen molar-refractivity contribution in [2.75, 3.05) is 6.67 Å². The van der Waals surface area contributed by atoms with Crippen molar-refractivity contribution in [2.45, 2.75) is 25.5 Å². The maximum Gasteiger partial charge on any atom is 0.315 e. The molecule has 1 amide bonds. The number of rotatable bonds is 6. The number of aryl methyl sites for hydroxylation is 1. The van der Waals surface area contributed by atoms with Crippen LogP contribution in [0, 0.1) is 6.92 Å².